The largest absolute Gasteiger partial charge is 0.417 e. The van der Waals surface area contributed by atoms with Crippen LogP contribution in [0.4, 0.5) is 26.3 Å². The first kappa shape index (κ1) is 48.3. The van der Waals surface area contributed by atoms with Gasteiger partial charge in [-0.3, -0.25) is 0 Å². The summed E-state index contributed by atoms with van der Waals surface area (Å²) in [4.78, 5) is 0. The van der Waals surface area contributed by atoms with E-state index in [1.165, 1.54) is 12.1 Å². The summed E-state index contributed by atoms with van der Waals surface area (Å²) in [5.41, 5.74) is 4.39. The second kappa shape index (κ2) is 18.6. The van der Waals surface area contributed by atoms with E-state index in [9.17, 15) is 21.0 Å². The Morgan fingerprint density at radius 2 is 0.538 bits per heavy atom. The zero-order valence-electron chi connectivity index (χ0n) is 40.6. The first-order chi connectivity index (χ1) is 37.8. The minimum atomic E-state index is -5.14. The van der Waals surface area contributed by atoms with Crippen LogP contribution in [0.1, 0.15) is 33.4 Å². The van der Waals surface area contributed by atoms with Crippen molar-refractivity contribution in [3.63, 3.8) is 0 Å². The third-order valence-electron chi connectivity index (χ3n) is 14.4. The summed E-state index contributed by atoms with van der Waals surface area (Å²) < 4.78 is 97.6. The maximum Gasteiger partial charge on any atom is 0.417 e. The van der Waals surface area contributed by atoms with Gasteiger partial charge < -0.3 is 9.13 Å². The van der Waals surface area contributed by atoms with Crippen molar-refractivity contribution in [3.05, 3.63) is 240 Å². The fourth-order valence-electron chi connectivity index (χ4n) is 10.9. The molecule has 0 spiro atoms. The van der Waals surface area contributed by atoms with Crippen LogP contribution in [0.2, 0.25) is 0 Å². The van der Waals surface area contributed by atoms with E-state index in [1.807, 2.05) is 72.8 Å². The van der Waals surface area contributed by atoms with Crippen molar-refractivity contribution < 1.29 is 26.3 Å². The van der Waals surface area contributed by atoms with Gasteiger partial charge in [0.25, 0.3) is 0 Å². The molecule has 370 valence electrons. The van der Waals surface area contributed by atoms with Crippen molar-refractivity contribution in [2.75, 3.05) is 0 Å². The zero-order valence-corrected chi connectivity index (χ0v) is 40.6. The predicted molar refractivity (Wildman–Crippen MR) is 291 cm³/mol. The van der Waals surface area contributed by atoms with Crippen molar-refractivity contribution >= 4 is 43.6 Å². The maximum absolute atomic E-state index is 15.7. The third-order valence-corrected chi connectivity index (χ3v) is 14.4. The van der Waals surface area contributed by atoms with Crippen LogP contribution in [0.25, 0.3) is 111 Å². The Hall–Kier alpha value is -10.7. The molecule has 0 bridgehead atoms. The van der Waals surface area contributed by atoms with Gasteiger partial charge >= 0.3 is 12.4 Å². The molecule has 0 unspecified atom stereocenters. The van der Waals surface area contributed by atoms with Gasteiger partial charge in [0.05, 0.1) is 79.7 Å². The summed E-state index contributed by atoms with van der Waals surface area (Å²) in [5.74, 6) is 0. The van der Waals surface area contributed by atoms with Gasteiger partial charge in [0, 0.05) is 32.9 Å². The highest BCUT2D eigenvalue weighted by Gasteiger charge is 2.39. The number of fused-ring (bicyclic) bond motifs is 6. The van der Waals surface area contributed by atoms with Gasteiger partial charge in [-0.2, -0.15) is 47.4 Å². The minimum absolute atomic E-state index is 0.103. The van der Waals surface area contributed by atoms with Crippen LogP contribution in [0.15, 0.2) is 206 Å². The molecule has 12 heteroatoms. The first-order valence-electron chi connectivity index (χ1n) is 24.4. The molecule has 0 N–H and O–H groups in total. The van der Waals surface area contributed by atoms with Gasteiger partial charge in [-0.05, 0) is 141 Å². The molecule has 0 radical (unpaired) electrons. The second-order valence-corrected chi connectivity index (χ2v) is 18.7. The zero-order chi connectivity index (χ0) is 54.0. The molecular formula is C66H34F6N6. The molecule has 2 aromatic heterocycles. The van der Waals surface area contributed by atoms with Crippen LogP contribution >= 0.6 is 0 Å². The van der Waals surface area contributed by atoms with Crippen molar-refractivity contribution in [1.82, 2.24) is 9.13 Å². The SMILES string of the molecule is N#Cc1ccccc1-c1ccc2c3ccc(-c4ccccc4C#N)cc3n(-c3ccc(C(F)(F)F)c(-c4cc(-n5c6cc(-c7ccccc7C#N)ccc6c6ccc(-c7ccccc7C#N)cc65)ccc4C(F)(F)F)c3)c2c1. The molecule has 0 atom stereocenters. The lowest BCUT2D eigenvalue weighted by Gasteiger charge is -2.21. The van der Waals surface area contributed by atoms with Crippen LogP contribution in [0.3, 0.4) is 0 Å². The molecular weight excluding hydrogens is 991 g/mol. The Balaban J connectivity index is 1.16. The van der Waals surface area contributed by atoms with Gasteiger partial charge in [-0.1, -0.05) is 121 Å². The first-order valence-corrected chi connectivity index (χ1v) is 24.4. The lowest BCUT2D eigenvalue weighted by molar-refractivity contribution is -0.139. The van der Waals surface area contributed by atoms with E-state index in [1.54, 1.807) is 106 Å². The van der Waals surface area contributed by atoms with E-state index in [-0.39, 0.29) is 11.4 Å². The van der Waals surface area contributed by atoms with Crippen LogP contribution in [-0.2, 0) is 12.4 Å². The molecule has 12 aromatic rings. The normalized spacial score (nSPS) is 11.7. The van der Waals surface area contributed by atoms with Gasteiger partial charge in [0.15, 0.2) is 0 Å². The number of nitrogens with zero attached hydrogens (tertiary/aromatic N) is 6. The third kappa shape index (κ3) is 8.05. The molecule has 0 aliphatic heterocycles. The Labute approximate surface area is 441 Å². The Kier molecular flexibility index (Phi) is 11.5. The van der Waals surface area contributed by atoms with E-state index >= 15 is 26.3 Å². The number of benzene rings is 10. The number of halogens is 6. The molecule has 0 saturated carbocycles. The molecule has 2 heterocycles. The molecule has 78 heavy (non-hydrogen) atoms. The van der Waals surface area contributed by atoms with E-state index in [2.05, 4.69) is 24.3 Å². The molecule has 0 aliphatic carbocycles. The molecule has 0 amide bonds. The number of hydrogen-bond acceptors (Lipinski definition) is 4. The minimum Gasteiger partial charge on any atom is -0.309 e. The highest BCUT2D eigenvalue weighted by Crippen LogP contribution is 2.47. The molecule has 0 saturated heterocycles. The lowest BCUT2D eigenvalue weighted by atomic mass is 9.93. The number of alkyl halides is 6. The van der Waals surface area contributed by atoms with Crippen LogP contribution in [-0.4, -0.2) is 9.13 Å². The standard InChI is InChI=1S/C66H34F6N6/c67-65(68,69)59-27-21-47(77-61-29-39(49-13-5-1-9-43(49)35-73)17-23-53(61)54-24-18-40(30-62(54)77)50-14-6-2-10-44(50)36-74)33-57(59)58-34-48(22-28-60(58)66(70,71)72)78-63-31-41(51-15-7-3-11-45(51)37-75)19-25-55(63)56-26-20-42(32-64(56)78)52-16-8-4-12-46(52)38-76/h1-34H. The van der Waals surface area contributed by atoms with E-state index in [4.69, 9.17) is 0 Å². The van der Waals surface area contributed by atoms with E-state index < -0.39 is 34.6 Å². The van der Waals surface area contributed by atoms with Gasteiger partial charge in [0.1, 0.15) is 0 Å². The molecule has 12 rings (SSSR count). The van der Waals surface area contributed by atoms with Crippen LogP contribution < -0.4 is 0 Å². The topological polar surface area (TPSA) is 105 Å². The van der Waals surface area contributed by atoms with Crippen molar-refractivity contribution in [1.29, 1.82) is 21.0 Å². The summed E-state index contributed by atoms with van der Waals surface area (Å²) in [6.07, 6.45) is -10.3. The number of aromatic nitrogens is 2. The maximum atomic E-state index is 15.7. The summed E-state index contributed by atoms with van der Waals surface area (Å²) in [6.45, 7) is 0. The number of nitriles is 4. The second-order valence-electron chi connectivity index (χ2n) is 18.7. The average Bonchev–Trinajstić information content (AvgIpc) is 4.20. The molecule has 0 aliphatic rings. The van der Waals surface area contributed by atoms with E-state index in [0.717, 1.165) is 24.3 Å². The Morgan fingerprint density at radius 1 is 0.282 bits per heavy atom. The number of hydrogen-bond donors (Lipinski definition) is 0. The highest BCUT2D eigenvalue weighted by atomic mass is 19.4. The molecule has 6 nitrogen and oxygen atoms in total. The summed E-state index contributed by atoms with van der Waals surface area (Å²) in [7, 11) is 0. The molecule has 0 fully saturated rings. The van der Waals surface area contributed by atoms with Crippen LogP contribution in [0.5, 0.6) is 0 Å². The Bertz CT molecular complexity index is 4140. The number of rotatable bonds is 7. The highest BCUT2D eigenvalue weighted by molar-refractivity contribution is 6.13. The van der Waals surface area contributed by atoms with Gasteiger partial charge in [0.2, 0.25) is 0 Å². The van der Waals surface area contributed by atoms with Crippen molar-refractivity contribution in [3.8, 4) is 91.3 Å². The van der Waals surface area contributed by atoms with E-state index in [0.29, 0.717) is 110 Å². The summed E-state index contributed by atoms with van der Waals surface area (Å²) >= 11 is 0. The summed E-state index contributed by atoms with van der Waals surface area (Å²) in [6, 6.07) is 65.0. The monoisotopic (exact) mass is 1020 g/mol. The van der Waals surface area contributed by atoms with Gasteiger partial charge in [-0.25, -0.2) is 0 Å². The van der Waals surface area contributed by atoms with Crippen LogP contribution in [0, 0.1) is 45.3 Å². The van der Waals surface area contributed by atoms with Crippen molar-refractivity contribution in [2.24, 2.45) is 0 Å². The van der Waals surface area contributed by atoms with Gasteiger partial charge in [-0.15, -0.1) is 0 Å². The fraction of sp³-hybridized carbons (Fsp3) is 0.0303. The quantitative estimate of drug-likeness (QED) is 0.148. The smallest absolute Gasteiger partial charge is 0.309 e. The molecule has 10 aromatic carbocycles. The predicted octanol–water partition coefficient (Wildman–Crippen LogP) is 17.7. The lowest BCUT2D eigenvalue weighted by Crippen LogP contribution is -2.12. The Morgan fingerprint density at radius 3 is 0.782 bits per heavy atom. The average molecular weight is 1030 g/mol. The fourth-order valence-corrected chi connectivity index (χ4v) is 10.9. The van der Waals surface area contributed by atoms with Crippen molar-refractivity contribution in [2.45, 2.75) is 12.4 Å². The summed E-state index contributed by atoms with van der Waals surface area (Å²) in [5, 5.41) is 43.1.